The fourth-order valence-corrected chi connectivity index (χ4v) is 19.7. The number of fused-ring (bicyclic) bond motifs is 3. The fraction of sp³-hybridized carbons (Fsp3) is 0.579. The molecule has 4 aromatic rings. The van der Waals surface area contributed by atoms with E-state index >= 15 is 43.2 Å². The minimum absolute atomic E-state index is 0.00334. The molecule has 7 rings (SSSR count). The molecule has 0 radical (unpaired) electrons. The van der Waals surface area contributed by atoms with Gasteiger partial charge in [-0.05, 0) is 168 Å². The number of para-hydroxylation sites is 1. The minimum Gasteiger partial charge on any atom is -0.370 e. The van der Waals surface area contributed by atoms with E-state index in [1.165, 1.54) is 28.5 Å². The lowest BCUT2D eigenvalue weighted by Crippen LogP contribution is -2.62. The van der Waals surface area contributed by atoms with Gasteiger partial charge in [0.25, 0.3) is 0 Å². The average Bonchev–Trinajstić information content (AvgIpc) is 1.65. The van der Waals surface area contributed by atoms with Gasteiger partial charge in [-0.1, -0.05) is 100 Å². The van der Waals surface area contributed by atoms with Crippen LogP contribution < -0.4 is 131 Å². The summed E-state index contributed by atoms with van der Waals surface area (Å²) >= 11 is 1.30. The number of carbonyl (C=O) groups is 15. The first-order chi connectivity index (χ1) is 68.6. The van der Waals surface area contributed by atoms with E-state index in [-0.39, 0.29) is 191 Å². The van der Waals surface area contributed by atoms with Crippen molar-refractivity contribution in [2.75, 3.05) is 70.1 Å². The molecule has 2 saturated heterocycles. The lowest BCUT2D eigenvalue weighted by molar-refractivity contribution is -0.143. The quantitative estimate of drug-likeness (QED) is 0.00882. The van der Waals surface area contributed by atoms with Crippen molar-refractivity contribution in [1.82, 2.24) is 105 Å². The average molecular weight is 2050 g/mol. The van der Waals surface area contributed by atoms with Crippen molar-refractivity contribution in [3.8, 4) is 0 Å². The van der Waals surface area contributed by atoms with Crippen LogP contribution in [0.2, 0.25) is 0 Å². The van der Waals surface area contributed by atoms with Gasteiger partial charge >= 0.3 is 0 Å². The standard InChI is InChI=1S/C95H150N32O15S2/c1-54(2)46-71-85(137)125-76(55(3)4)89(141)119-68(36-45-144(6)53-59-25-14-24-58(47-59)51-143-52-73(86(138)123-72(84(136)122-71)48-57-22-8-7-9-23-57)124-82(134)67(33-19-42-112-95(106)107)117-87(139)74-34-20-43-126(74)56(5)128)83(135)120-69(28-12-13-37-96)90(142)127-44-21-35-75(127)88(140)118-66(32-18-41-111-94(104)105)80(132)115-64(30-16-39-109-92(100)101)78(130)114-63(29-15-38-108-91(98)99)79(131)116-65(31-17-40-110-93(102)103)81(133)121-70(77(97)129)49-60-50-113-62-27-11-10-26-61(60)62/h7-11,14,22-27,47,50,54-55,63-76,113H,12-13,15-21,28-46,48-49,51-53,96H2,1-6H3,(H33-,97,98,99,100,101,102,103,104,105,106,107,108,109,110,111,112,114,115,116,117,118,119,120,121,122,123,124,125,129,130,131,132,133,134,135,136,137,138,139,140,141)/p+1/t63-,64-,65-,66-,67-,68-,69-,70-,71-,72-,73-,74-,75-,76-,144?/m0/s1. The molecular weight excluding hydrogens is 1890 g/mol. The number of H-pyrrole nitrogens is 1. The SMILES string of the molecule is CC(=O)N1CCC[C@H]1C(=O)N[C@@H](CCCNC(=N)N)C(=O)N[C@H]1CSCc2cccc(c2)C[S+](C)CC[C@@H](C(=O)N[C@@H](CCCCN)C(=O)N2CCC[C@H]2C(=O)N[C@@H](CCCNC(=N)N)C(=O)N[C@@H](CCCNC(=N)N)C(=O)N[C@@H](CCCNC(=N)N)C(=O)N[C@@H](CCCNC(=N)N)C(=O)N[C@@H](Cc2c[nH]c3ccccc23)C(N)=O)NC(=O)[C@H](C(C)C)NC(=O)[C@H](CC(C)C)NC(=O)[C@H](Cc2ccccc2)NC1=O. The Morgan fingerprint density at radius 3 is 1.44 bits per heavy atom. The van der Waals surface area contributed by atoms with Crippen LogP contribution in [0.5, 0.6) is 0 Å². The number of amides is 15. The third-order valence-corrected chi connectivity index (χ3v) is 27.6. The second-order valence-corrected chi connectivity index (χ2v) is 40.5. The molecule has 15 atom stereocenters. The van der Waals surface area contributed by atoms with Crippen molar-refractivity contribution in [3.63, 3.8) is 0 Å². The van der Waals surface area contributed by atoms with Gasteiger partial charge in [0.15, 0.2) is 29.8 Å². The van der Waals surface area contributed by atoms with Crippen LogP contribution in [-0.2, 0) is 107 Å². The van der Waals surface area contributed by atoms with Gasteiger partial charge in [0.05, 0.1) is 6.26 Å². The molecular formula is C95H151N32O15S2+. The number of unbranched alkanes of at least 4 members (excludes halogenated alkanes) is 1. The molecule has 0 saturated carbocycles. The summed E-state index contributed by atoms with van der Waals surface area (Å²) in [4.78, 5) is 227. The van der Waals surface area contributed by atoms with Crippen molar-refractivity contribution in [3.05, 3.63) is 107 Å². The van der Waals surface area contributed by atoms with Gasteiger partial charge in [0, 0.05) is 106 Å². The molecule has 1 aromatic heterocycles. The summed E-state index contributed by atoms with van der Waals surface area (Å²) in [6, 6.07) is 4.79. The number of benzene rings is 3. The molecule has 2 bridgehead atoms. The summed E-state index contributed by atoms with van der Waals surface area (Å²) in [5.41, 5.74) is 43.8. The molecule has 1 unspecified atom stereocenters. The molecule has 4 heterocycles. The van der Waals surface area contributed by atoms with Crippen molar-refractivity contribution in [2.24, 2.45) is 52.0 Å². The zero-order valence-electron chi connectivity index (χ0n) is 83.0. The second kappa shape index (κ2) is 60.6. The zero-order valence-corrected chi connectivity index (χ0v) is 84.7. The van der Waals surface area contributed by atoms with Crippen LogP contribution in [-0.4, -0.2) is 288 Å². The number of nitrogens with zero attached hydrogens (tertiary/aromatic N) is 2. The number of thioether (sulfide) groups is 1. The van der Waals surface area contributed by atoms with Crippen LogP contribution in [0.4, 0.5) is 0 Å². The first kappa shape index (κ1) is 117. The van der Waals surface area contributed by atoms with E-state index < -0.39 is 202 Å². The number of primary amides is 1. The second-order valence-electron chi connectivity index (χ2n) is 37.2. The maximum absolute atomic E-state index is 15.6. The van der Waals surface area contributed by atoms with E-state index in [0.717, 1.165) is 22.0 Å². The van der Waals surface area contributed by atoms with Gasteiger partial charge < -0.3 is 145 Å². The molecule has 3 aromatic carbocycles. The number of hydrogen-bond donors (Lipinski definition) is 30. The number of hydrogen-bond acceptors (Lipinski definition) is 22. The molecule has 792 valence electrons. The van der Waals surface area contributed by atoms with E-state index in [4.69, 9.17) is 67.2 Å². The number of aromatic nitrogens is 1. The summed E-state index contributed by atoms with van der Waals surface area (Å²) in [6.45, 7) is 9.12. The highest BCUT2D eigenvalue weighted by Gasteiger charge is 2.44. The molecule has 3 aliphatic heterocycles. The van der Waals surface area contributed by atoms with Crippen molar-refractivity contribution in [1.29, 1.82) is 27.0 Å². The van der Waals surface area contributed by atoms with Gasteiger partial charge in [-0.3, -0.25) is 99.0 Å². The largest absolute Gasteiger partial charge is 0.370 e. The summed E-state index contributed by atoms with van der Waals surface area (Å²) in [5.74, 6) is -13.5. The van der Waals surface area contributed by atoms with Crippen LogP contribution in [0.25, 0.3) is 10.9 Å². The maximum atomic E-state index is 15.6. The number of likely N-dealkylation sites (tertiary alicyclic amines) is 2. The predicted molar refractivity (Wildman–Crippen MR) is 552 cm³/mol. The molecule has 37 N–H and O–H groups in total. The normalized spacial score (nSPS) is 19.6. The van der Waals surface area contributed by atoms with E-state index in [9.17, 15) is 28.8 Å². The smallest absolute Gasteiger partial charge is 0.245 e. The summed E-state index contributed by atoms with van der Waals surface area (Å²) < 4.78 is 0. The number of guanidine groups is 5. The third-order valence-electron chi connectivity index (χ3n) is 24.7. The van der Waals surface area contributed by atoms with Crippen LogP contribution >= 0.6 is 11.8 Å². The zero-order chi connectivity index (χ0) is 106. The molecule has 49 heteroatoms. The molecule has 0 aliphatic carbocycles. The summed E-state index contributed by atoms with van der Waals surface area (Å²) in [7, 11) is -0.559. The van der Waals surface area contributed by atoms with Gasteiger partial charge in [-0.15, -0.1) is 0 Å². The highest BCUT2D eigenvalue weighted by Crippen LogP contribution is 2.26. The monoisotopic (exact) mass is 2040 g/mol. The lowest BCUT2D eigenvalue weighted by Gasteiger charge is -2.31. The topological polar surface area (TPSA) is 784 Å². The van der Waals surface area contributed by atoms with Crippen molar-refractivity contribution < 1.29 is 71.9 Å². The highest BCUT2D eigenvalue weighted by molar-refractivity contribution is 7.98. The third kappa shape index (κ3) is 40.2. The van der Waals surface area contributed by atoms with E-state index in [0.29, 0.717) is 54.2 Å². The Bertz CT molecular complexity index is 5050. The summed E-state index contributed by atoms with van der Waals surface area (Å²) in [6.07, 6.45) is 5.31. The fourth-order valence-electron chi connectivity index (χ4n) is 17.2. The van der Waals surface area contributed by atoms with E-state index in [1.54, 1.807) is 56.4 Å². The molecule has 47 nitrogen and oxygen atoms in total. The Morgan fingerprint density at radius 2 is 0.944 bits per heavy atom. The molecule has 3 aliphatic rings. The molecule has 15 amide bonds. The summed E-state index contributed by atoms with van der Waals surface area (Å²) in [5, 5.41) is 86.8. The lowest BCUT2D eigenvalue weighted by atomic mass is 9.98. The van der Waals surface area contributed by atoms with E-state index in [2.05, 4.69) is 95.4 Å². The number of rotatable bonds is 49. The van der Waals surface area contributed by atoms with Gasteiger partial charge in [0.2, 0.25) is 88.6 Å². The predicted octanol–water partition coefficient (Wildman–Crippen LogP) is -3.51. The molecule has 0 spiro atoms. The Labute approximate surface area is 846 Å². The number of nitrogens with two attached hydrogens (primary N) is 7. The van der Waals surface area contributed by atoms with Gasteiger partial charge in [0.1, 0.15) is 96.1 Å². The Balaban J connectivity index is 1.17. The number of nitrogens with one attached hydrogen (secondary N) is 23. The molecule has 144 heavy (non-hydrogen) atoms. The van der Waals surface area contributed by atoms with Crippen molar-refractivity contribution >= 4 is 152 Å². The Kier molecular flexibility index (Phi) is 49.4. The van der Waals surface area contributed by atoms with Crippen molar-refractivity contribution in [2.45, 2.75) is 266 Å². The first-order valence-corrected chi connectivity index (χ1v) is 52.2. The first-order valence-electron chi connectivity index (χ1n) is 49.0. The minimum atomic E-state index is -1.54. The van der Waals surface area contributed by atoms with Gasteiger partial charge in [-0.2, -0.15) is 11.8 Å². The number of carbonyl (C=O) groups excluding carboxylic acids is 15. The van der Waals surface area contributed by atoms with E-state index in [1.807, 2.05) is 62.6 Å². The van der Waals surface area contributed by atoms with Crippen LogP contribution in [0.1, 0.15) is 179 Å². The maximum Gasteiger partial charge on any atom is 0.245 e. The van der Waals surface area contributed by atoms with Crippen LogP contribution in [0, 0.1) is 38.9 Å². The highest BCUT2D eigenvalue weighted by atomic mass is 32.2. The molecule has 2 fully saturated rings. The van der Waals surface area contributed by atoms with Crippen LogP contribution in [0.15, 0.2) is 85.1 Å². The van der Waals surface area contributed by atoms with Gasteiger partial charge in [-0.25, -0.2) is 0 Å². The number of aromatic amines is 1. The Hall–Kier alpha value is -13.7. The van der Waals surface area contributed by atoms with Crippen LogP contribution in [0.3, 0.4) is 0 Å². The Morgan fingerprint density at radius 1 is 0.486 bits per heavy atom.